The van der Waals surface area contributed by atoms with E-state index < -0.39 is 5.41 Å². The summed E-state index contributed by atoms with van der Waals surface area (Å²) in [4.78, 5) is 12.1. The van der Waals surface area contributed by atoms with Gasteiger partial charge in [-0.15, -0.1) is 0 Å². The first kappa shape index (κ1) is 15.5. The van der Waals surface area contributed by atoms with E-state index in [-0.39, 0.29) is 11.4 Å². The Hall–Kier alpha value is -1.60. The molecule has 0 aliphatic rings. The predicted octanol–water partition coefficient (Wildman–Crippen LogP) is 3.98. The number of Topliss-reactive ketones (excluding diaryl/α,β-unsaturated/α-hetero) is 1. The molecule has 0 unspecified atom stereocenters. The molecule has 0 saturated heterocycles. The van der Waals surface area contributed by atoms with Gasteiger partial charge >= 0.3 is 0 Å². The van der Waals surface area contributed by atoms with E-state index in [2.05, 4.69) is 15.9 Å². The summed E-state index contributed by atoms with van der Waals surface area (Å²) in [6, 6.07) is 7.41. The van der Waals surface area contributed by atoms with Crippen LogP contribution in [0.5, 0.6) is 5.75 Å². The van der Waals surface area contributed by atoms with Gasteiger partial charge in [-0.1, -0.05) is 36.7 Å². The van der Waals surface area contributed by atoms with Crippen molar-refractivity contribution in [2.45, 2.75) is 20.8 Å². The molecule has 0 radical (unpaired) electrons. The average Bonchev–Trinajstić information content (AvgIpc) is 2.34. The zero-order chi connectivity index (χ0) is 14.6. The van der Waals surface area contributed by atoms with Gasteiger partial charge in [-0.25, -0.2) is 0 Å². The lowest BCUT2D eigenvalue weighted by Crippen LogP contribution is -2.21. The molecule has 4 heteroatoms. The van der Waals surface area contributed by atoms with E-state index in [0.717, 1.165) is 4.47 Å². The molecule has 1 aromatic rings. The minimum Gasteiger partial charge on any atom is -0.496 e. The van der Waals surface area contributed by atoms with E-state index in [1.807, 2.05) is 18.2 Å². The second kappa shape index (κ2) is 6.03. The van der Waals surface area contributed by atoms with Gasteiger partial charge < -0.3 is 4.74 Å². The zero-order valence-electron chi connectivity index (χ0n) is 11.5. The smallest absolute Gasteiger partial charge is 0.178 e. The van der Waals surface area contributed by atoms with Crippen molar-refractivity contribution in [2.24, 2.45) is 5.41 Å². The number of allylic oxidation sites excluding steroid dienone is 1. The molecule has 0 aromatic heterocycles. The highest BCUT2D eigenvalue weighted by Gasteiger charge is 2.25. The summed E-state index contributed by atoms with van der Waals surface area (Å²) in [5, 5.41) is 9.16. The molecular weight excluding hydrogens is 306 g/mol. The van der Waals surface area contributed by atoms with Crippen molar-refractivity contribution in [3.63, 3.8) is 0 Å². The lowest BCUT2D eigenvalue weighted by atomic mass is 9.86. The first-order valence-electron chi connectivity index (χ1n) is 5.79. The minimum absolute atomic E-state index is 0.129. The Kier molecular flexibility index (Phi) is 4.90. The Labute approximate surface area is 122 Å². The molecule has 0 saturated carbocycles. The summed E-state index contributed by atoms with van der Waals surface area (Å²) in [5.74, 6) is 0.440. The van der Waals surface area contributed by atoms with E-state index in [4.69, 9.17) is 10.00 Å². The van der Waals surface area contributed by atoms with Crippen LogP contribution in [0.1, 0.15) is 26.3 Å². The lowest BCUT2D eigenvalue weighted by Gasteiger charge is -2.15. The van der Waals surface area contributed by atoms with Crippen LogP contribution < -0.4 is 4.74 Å². The van der Waals surface area contributed by atoms with Crippen molar-refractivity contribution in [3.8, 4) is 11.8 Å². The number of methoxy groups -OCH3 is 1. The maximum Gasteiger partial charge on any atom is 0.178 e. The fourth-order valence-electron chi connectivity index (χ4n) is 1.53. The quantitative estimate of drug-likeness (QED) is 0.625. The second-order valence-electron chi connectivity index (χ2n) is 5.14. The maximum atomic E-state index is 12.1. The van der Waals surface area contributed by atoms with Crippen molar-refractivity contribution < 1.29 is 9.53 Å². The molecule has 3 nitrogen and oxygen atoms in total. The van der Waals surface area contributed by atoms with E-state index >= 15 is 0 Å². The standard InChI is InChI=1S/C15H16BrNO2/c1-15(2,3)14(18)11(9-17)7-10-8-12(16)5-6-13(10)19-4/h5-8H,1-4H3/b11-7+. The number of nitriles is 1. The van der Waals surface area contributed by atoms with Crippen LogP contribution in [0.4, 0.5) is 0 Å². The van der Waals surface area contributed by atoms with Crippen LogP contribution in [0, 0.1) is 16.7 Å². The third-order valence-electron chi connectivity index (χ3n) is 2.54. The van der Waals surface area contributed by atoms with Gasteiger partial charge in [0.15, 0.2) is 5.78 Å². The number of nitrogens with zero attached hydrogens (tertiary/aromatic N) is 1. The number of hydrogen-bond acceptors (Lipinski definition) is 3. The molecule has 1 aromatic carbocycles. The van der Waals surface area contributed by atoms with Gasteiger partial charge in [0.1, 0.15) is 11.8 Å². The van der Waals surface area contributed by atoms with Gasteiger partial charge in [-0.2, -0.15) is 5.26 Å². The van der Waals surface area contributed by atoms with Gasteiger partial charge in [-0.3, -0.25) is 4.79 Å². The van der Waals surface area contributed by atoms with Crippen LogP contribution in [0.3, 0.4) is 0 Å². The number of ether oxygens (including phenoxy) is 1. The van der Waals surface area contributed by atoms with Crippen molar-refractivity contribution in [2.75, 3.05) is 7.11 Å². The third kappa shape index (κ3) is 3.93. The van der Waals surface area contributed by atoms with Crippen molar-refractivity contribution >= 4 is 27.8 Å². The molecule has 0 aliphatic carbocycles. The van der Waals surface area contributed by atoms with E-state index in [9.17, 15) is 4.79 Å². The molecule has 0 heterocycles. The van der Waals surface area contributed by atoms with Crippen LogP contribution in [0.2, 0.25) is 0 Å². The highest BCUT2D eigenvalue weighted by molar-refractivity contribution is 9.10. The first-order valence-corrected chi connectivity index (χ1v) is 6.59. The molecule has 0 bridgehead atoms. The minimum atomic E-state index is -0.583. The average molecular weight is 322 g/mol. The van der Waals surface area contributed by atoms with Crippen LogP contribution in [0.15, 0.2) is 28.2 Å². The highest BCUT2D eigenvalue weighted by Crippen LogP contribution is 2.27. The molecule has 0 spiro atoms. The molecule has 100 valence electrons. The van der Waals surface area contributed by atoms with Crippen LogP contribution in [-0.4, -0.2) is 12.9 Å². The number of hydrogen-bond donors (Lipinski definition) is 0. The molecular formula is C15H16BrNO2. The number of benzene rings is 1. The van der Waals surface area contributed by atoms with Crippen LogP contribution in [-0.2, 0) is 4.79 Å². The lowest BCUT2D eigenvalue weighted by molar-refractivity contribution is -0.121. The number of carbonyl (C=O) groups is 1. The third-order valence-corrected chi connectivity index (χ3v) is 3.03. The molecule has 0 fully saturated rings. The number of carbonyl (C=O) groups excluding carboxylic acids is 1. The Morgan fingerprint density at radius 1 is 1.42 bits per heavy atom. The van der Waals surface area contributed by atoms with Gasteiger partial charge in [0.2, 0.25) is 0 Å². The summed E-state index contributed by atoms with van der Waals surface area (Å²) in [6.45, 7) is 5.37. The number of halogens is 1. The summed E-state index contributed by atoms with van der Waals surface area (Å²) < 4.78 is 6.09. The summed E-state index contributed by atoms with van der Waals surface area (Å²) in [7, 11) is 1.55. The zero-order valence-corrected chi connectivity index (χ0v) is 13.0. The van der Waals surface area contributed by atoms with Crippen molar-refractivity contribution in [3.05, 3.63) is 33.8 Å². The summed E-state index contributed by atoms with van der Waals surface area (Å²) >= 11 is 3.36. The number of ketones is 1. The SMILES string of the molecule is COc1ccc(Br)cc1/C=C(\C#N)C(=O)C(C)(C)C. The normalized spacial score (nSPS) is 11.9. The van der Waals surface area contributed by atoms with Gasteiger partial charge in [0, 0.05) is 15.5 Å². The Bertz CT molecular complexity index is 562. The molecule has 0 aliphatic heterocycles. The summed E-state index contributed by atoms with van der Waals surface area (Å²) in [6.07, 6.45) is 1.57. The maximum absolute atomic E-state index is 12.1. The van der Waals surface area contributed by atoms with Crippen LogP contribution >= 0.6 is 15.9 Å². The van der Waals surface area contributed by atoms with E-state index in [1.165, 1.54) is 0 Å². The molecule has 0 amide bonds. The van der Waals surface area contributed by atoms with Crippen molar-refractivity contribution in [1.29, 1.82) is 5.26 Å². The highest BCUT2D eigenvalue weighted by atomic mass is 79.9. The summed E-state index contributed by atoms with van der Waals surface area (Å²) in [5.41, 5.74) is 0.246. The van der Waals surface area contributed by atoms with Gasteiger partial charge in [0.25, 0.3) is 0 Å². The molecule has 0 N–H and O–H groups in total. The van der Waals surface area contributed by atoms with E-state index in [0.29, 0.717) is 11.3 Å². The predicted molar refractivity (Wildman–Crippen MR) is 78.7 cm³/mol. The first-order chi connectivity index (χ1) is 8.79. The van der Waals surface area contributed by atoms with E-state index in [1.54, 1.807) is 40.0 Å². The second-order valence-corrected chi connectivity index (χ2v) is 6.05. The fourth-order valence-corrected chi connectivity index (χ4v) is 1.90. The topological polar surface area (TPSA) is 50.1 Å². The molecule has 0 atom stereocenters. The monoisotopic (exact) mass is 321 g/mol. The Morgan fingerprint density at radius 3 is 2.53 bits per heavy atom. The molecule has 19 heavy (non-hydrogen) atoms. The molecule has 1 rings (SSSR count). The Morgan fingerprint density at radius 2 is 2.05 bits per heavy atom. The Balaban J connectivity index is 3.30. The fraction of sp³-hybridized carbons (Fsp3) is 0.333. The number of rotatable bonds is 3. The van der Waals surface area contributed by atoms with Crippen molar-refractivity contribution in [1.82, 2.24) is 0 Å². The largest absolute Gasteiger partial charge is 0.496 e. The van der Waals surface area contributed by atoms with Gasteiger partial charge in [0.05, 0.1) is 12.7 Å². The van der Waals surface area contributed by atoms with Gasteiger partial charge in [-0.05, 0) is 24.3 Å². The van der Waals surface area contributed by atoms with Crippen LogP contribution in [0.25, 0.3) is 6.08 Å².